The molecule has 0 atom stereocenters. The second-order valence-electron chi connectivity index (χ2n) is 10.4. The number of ether oxygens (including phenoxy) is 2. The van der Waals surface area contributed by atoms with Crippen molar-refractivity contribution in [2.45, 2.75) is 39.5 Å². The number of aryl methyl sites for hydroxylation is 2. The van der Waals surface area contributed by atoms with Gasteiger partial charge in [-0.3, -0.25) is 9.59 Å². The first kappa shape index (κ1) is 31.2. The van der Waals surface area contributed by atoms with Crippen LogP contribution in [0.3, 0.4) is 0 Å². The molecule has 0 saturated carbocycles. The second-order valence-corrected chi connectivity index (χ2v) is 10.4. The SMILES string of the molecule is Cc1ccc(/C=C(\C#N)c2ccc(OC(=O)CCCCC(=O)Oc3ccc(/C(C#N)=C\c4ccc(C)cc4)cc3)cc2)cc1. The number of esters is 2. The Morgan fingerprint density at radius 2 is 0.909 bits per heavy atom. The van der Waals surface area contributed by atoms with Crippen molar-refractivity contribution in [3.8, 4) is 23.6 Å². The summed E-state index contributed by atoms with van der Waals surface area (Å²) in [5.74, 6) is -0.0150. The normalized spacial score (nSPS) is 11.3. The number of unbranched alkanes of at least 4 members (excludes halogenated alkanes) is 1. The number of carbonyl (C=O) groups excluding carboxylic acids is 2. The molecule has 6 nitrogen and oxygen atoms in total. The van der Waals surface area contributed by atoms with Crippen LogP contribution < -0.4 is 9.47 Å². The molecule has 44 heavy (non-hydrogen) atoms. The highest BCUT2D eigenvalue weighted by Gasteiger charge is 2.10. The number of hydrogen-bond acceptors (Lipinski definition) is 6. The second kappa shape index (κ2) is 15.5. The maximum absolute atomic E-state index is 12.3. The van der Waals surface area contributed by atoms with Gasteiger partial charge in [0, 0.05) is 12.8 Å². The van der Waals surface area contributed by atoms with Gasteiger partial charge in [-0.05, 0) is 110 Å². The maximum atomic E-state index is 12.3. The van der Waals surface area contributed by atoms with Gasteiger partial charge in [-0.25, -0.2) is 0 Å². The van der Waals surface area contributed by atoms with Gasteiger partial charge in [-0.2, -0.15) is 10.5 Å². The van der Waals surface area contributed by atoms with Crippen molar-refractivity contribution in [2.75, 3.05) is 0 Å². The van der Waals surface area contributed by atoms with Crippen molar-refractivity contribution in [3.05, 3.63) is 130 Å². The van der Waals surface area contributed by atoms with E-state index in [1.165, 1.54) is 0 Å². The molecular weight excluding hydrogens is 548 g/mol. The molecule has 0 spiro atoms. The molecule has 0 fully saturated rings. The Hall–Kier alpha value is -5.72. The Bertz CT molecular complexity index is 1600. The van der Waals surface area contributed by atoms with E-state index in [2.05, 4.69) is 12.1 Å². The lowest BCUT2D eigenvalue weighted by atomic mass is 10.0. The largest absolute Gasteiger partial charge is 0.427 e. The summed E-state index contributed by atoms with van der Waals surface area (Å²) in [7, 11) is 0. The minimum Gasteiger partial charge on any atom is -0.427 e. The first-order valence-corrected chi connectivity index (χ1v) is 14.3. The van der Waals surface area contributed by atoms with Crippen molar-refractivity contribution in [2.24, 2.45) is 0 Å². The summed E-state index contributed by atoms with van der Waals surface area (Å²) in [4.78, 5) is 24.6. The predicted octanol–water partition coefficient (Wildman–Crippen LogP) is 8.50. The summed E-state index contributed by atoms with van der Waals surface area (Å²) in [5.41, 5.74) is 6.63. The van der Waals surface area contributed by atoms with Crippen LogP contribution in [0.25, 0.3) is 23.3 Å². The number of benzene rings is 4. The van der Waals surface area contributed by atoms with Crippen LogP contribution in [0.2, 0.25) is 0 Å². The zero-order valence-corrected chi connectivity index (χ0v) is 24.7. The van der Waals surface area contributed by atoms with Crippen LogP contribution in [0.4, 0.5) is 0 Å². The standard InChI is InChI=1S/C38H32N2O4/c1-27-7-11-29(12-8-27)23-33(25-39)31-15-19-35(20-16-31)43-37(41)5-3-4-6-38(42)44-36-21-17-32(18-22-36)34(26-40)24-30-13-9-28(2)10-14-30/h7-24H,3-6H2,1-2H3/b33-23-,34-24+. The van der Waals surface area contributed by atoms with E-state index in [4.69, 9.17) is 9.47 Å². The Labute approximate surface area is 258 Å². The highest BCUT2D eigenvalue weighted by Crippen LogP contribution is 2.23. The molecule has 0 bridgehead atoms. The molecule has 0 amide bonds. The minimum absolute atomic E-state index is 0.157. The summed E-state index contributed by atoms with van der Waals surface area (Å²) in [6.45, 7) is 4.02. The van der Waals surface area contributed by atoms with E-state index in [-0.39, 0.29) is 12.8 Å². The van der Waals surface area contributed by atoms with Crippen LogP contribution in [0.5, 0.6) is 11.5 Å². The van der Waals surface area contributed by atoms with Gasteiger partial charge in [0.2, 0.25) is 0 Å². The van der Waals surface area contributed by atoms with E-state index in [9.17, 15) is 20.1 Å². The average Bonchev–Trinajstić information content (AvgIpc) is 3.03. The van der Waals surface area contributed by atoms with Crippen LogP contribution in [0.1, 0.15) is 59.1 Å². The molecule has 4 aromatic carbocycles. The van der Waals surface area contributed by atoms with Gasteiger partial charge < -0.3 is 9.47 Å². The first-order valence-electron chi connectivity index (χ1n) is 14.3. The molecule has 0 aliphatic rings. The molecule has 0 unspecified atom stereocenters. The molecule has 0 heterocycles. The van der Waals surface area contributed by atoms with Gasteiger partial charge >= 0.3 is 11.9 Å². The Morgan fingerprint density at radius 1 is 0.568 bits per heavy atom. The van der Waals surface area contributed by atoms with Crippen LogP contribution in [-0.4, -0.2) is 11.9 Å². The Balaban J connectivity index is 1.20. The summed E-state index contributed by atoms with van der Waals surface area (Å²) in [6, 6.07) is 33.9. The van der Waals surface area contributed by atoms with Crippen molar-refractivity contribution >= 4 is 35.2 Å². The number of allylic oxidation sites excluding steroid dienone is 2. The van der Waals surface area contributed by atoms with Crippen molar-refractivity contribution in [1.82, 2.24) is 0 Å². The molecule has 0 aromatic heterocycles. The van der Waals surface area contributed by atoms with Gasteiger partial charge in [-0.1, -0.05) is 59.7 Å². The summed E-state index contributed by atoms with van der Waals surface area (Å²) in [6.07, 6.45) is 4.89. The lowest BCUT2D eigenvalue weighted by Gasteiger charge is -2.07. The van der Waals surface area contributed by atoms with Crippen LogP contribution in [-0.2, 0) is 9.59 Å². The third kappa shape index (κ3) is 9.41. The molecule has 0 aliphatic carbocycles. The molecular formula is C38H32N2O4. The molecule has 0 aliphatic heterocycles. The van der Waals surface area contributed by atoms with E-state index >= 15 is 0 Å². The van der Waals surface area contributed by atoms with Crippen molar-refractivity contribution in [1.29, 1.82) is 10.5 Å². The fourth-order valence-electron chi connectivity index (χ4n) is 4.33. The van der Waals surface area contributed by atoms with E-state index in [0.717, 1.165) is 33.4 Å². The molecule has 4 aromatic rings. The first-order chi connectivity index (χ1) is 21.3. The highest BCUT2D eigenvalue weighted by atomic mass is 16.5. The third-order valence-corrected chi connectivity index (χ3v) is 6.82. The lowest BCUT2D eigenvalue weighted by molar-refractivity contribution is -0.136. The number of hydrogen-bond donors (Lipinski definition) is 0. The van der Waals surface area contributed by atoms with E-state index in [1.54, 1.807) is 48.5 Å². The number of nitriles is 2. The number of nitrogens with zero attached hydrogens (tertiary/aromatic N) is 2. The molecule has 6 heteroatoms. The minimum atomic E-state index is -0.399. The van der Waals surface area contributed by atoms with Crippen LogP contribution >= 0.6 is 0 Å². The predicted molar refractivity (Wildman–Crippen MR) is 172 cm³/mol. The topological polar surface area (TPSA) is 100 Å². The summed E-state index contributed by atoms with van der Waals surface area (Å²) < 4.78 is 10.8. The van der Waals surface area contributed by atoms with Gasteiger partial charge in [0.15, 0.2) is 0 Å². The fraction of sp³-hybridized carbons (Fsp3) is 0.158. The van der Waals surface area contributed by atoms with Crippen molar-refractivity contribution in [3.63, 3.8) is 0 Å². The Morgan fingerprint density at radius 3 is 1.23 bits per heavy atom. The summed E-state index contributed by atoms with van der Waals surface area (Å²) >= 11 is 0. The van der Waals surface area contributed by atoms with E-state index in [0.29, 0.717) is 35.5 Å². The quantitative estimate of drug-likeness (QED) is 0.0580. The Kier molecular flexibility index (Phi) is 11.0. The summed E-state index contributed by atoms with van der Waals surface area (Å²) in [5, 5.41) is 19.2. The number of carbonyl (C=O) groups is 2. The lowest BCUT2D eigenvalue weighted by Crippen LogP contribution is -2.10. The zero-order valence-electron chi connectivity index (χ0n) is 24.7. The third-order valence-electron chi connectivity index (χ3n) is 6.82. The number of rotatable bonds is 11. The van der Waals surface area contributed by atoms with Gasteiger partial charge in [-0.15, -0.1) is 0 Å². The molecule has 4 rings (SSSR count). The smallest absolute Gasteiger partial charge is 0.311 e. The van der Waals surface area contributed by atoms with Gasteiger partial charge in [0.05, 0.1) is 23.3 Å². The van der Waals surface area contributed by atoms with Crippen molar-refractivity contribution < 1.29 is 19.1 Å². The highest BCUT2D eigenvalue weighted by molar-refractivity contribution is 5.90. The molecule has 0 N–H and O–H groups in total. The maximum Gasteiger partial charge on any atom is 0.311 e. The zero-order chi connectivity index (χ0) is 31.3. The molecule has 0 radical (unpaired) electrons. The molecule has 218 valence electrons. The van der Waals surface area contributed by atoms with Crippen LogP contribution in [0.15, 0.2) is 97.1 Å². The van der Waals surface area contributed by atoms with Crippen LogP contribution in [0, 0.1) is 36.5 Å². The van der Waals surface area contributed by atoms with Gasteiger partial charge in [0.1, 0.15) is 11.5 Å². The van der Waals surface area contributed by atoms with E-state index < -0.39 is 11.9 Å². The molecule has 0 saturated heterocycles. The fourth-order valence-corrected chi connectivity index (χ4v) is 4.33. The average molecular weight is 581 g/mol. The van der Waals surface area contributed by atoms with Gasteiger partial charge in [0.25, 0.3) is 0 Å². The monoisotopic (exact) mass is 580 g/mol. The van der Waals surface area contributed by atoms with E-state index in [1.807, 2.05) is 74.5 Å².